The molecule has 0 heterocycles. The highest BCUT2D eigenvalue weighted by molar-refractivity contribution is 6.42. The molecule has 3 heteroatoms. The van der Waals surface area contributed by atoms with Crippen LogP contribution in [0.1, 0.15) is 79.8 Å². The van der Waals surface area contributed by atoms with E-state index in [0.717, 1.165) is 35.1 Å². The number of unbranched alkanes of at least 4 members (excludes halogenated alkanes) is 6. The van der Waals surface area contributed by atoms with Crippen LogP contribution in [0, 0.1) is 13.8 Å². The van der Waals surface area contributed by atoms with E-state index < -0.39 is 0 Å². The van der Waals surface area contributed by atoms with Gasteiger partial charge < -0.3 is 0 Å². The molecule has 0 spiro atoms. The Morgan fingerprint density at radius 3 is 2.19 bits per heavy atom. The molecule has 2 rings (SSSR count). The number of halogens is 2. The van der Waals surface area contributed by atoms with Crippen LogP contribution in [0.2, 0.25) is 10.0 Å². The van der Waals surface area contributed by atoms with Crippen molar-refractivity contribution in [2.24, 2.45) is 0 Å². The van der Waals surface area contributed by atoms with E-state index in [1.54, 1.807) is 6.07 Å². The zero-order valence-electron chi connectivity index (χ0n) is 16.7. The first-order valence-corrected chi connectivity index (χ1v) is 10.8. The molecule has 0 atom stereocenters. The van der Waals surface area contributed by atoms with Gasteiger partial charge in [-0.1, -0.05) is 86.8 Å². The SMILES string of the molecule is CCCCCCCCCC(=O)c1ccc(C)c(C)c1-c1ccc(Cl)c(Cl)c1. The number of Topliss-reactive ketones (excluding diaryl/α,β-unsaturated/α-hetero) is 1. The van der Waals surface area contributed by atoms with Gasteiger partial charge in [0.1, 0.15) is 0 Å². The van der Waals surface area contributed by atoms with Crippen molar-refractivity contribution in [2.45, 2.75) is 72.1 Å². The third-order valence-corrected chi connectivity index (χ3v) is 5.99. The van der Waals surface area contributed by atoms with Crippen molar-refractivity contribution >= 4 is 29.0 Å². The van der Waals surface area contributed by atoms with E-state index in [2.05, 4.69) is 20.8 Å². The molecule has 0 aliphatic heterocycles. The highest BCUT2D eigenvalue weighted by Gasteiger charge is 2.17. The quantitative estimate of drug-likeness (QED) is 0.286. The summed E-state index contributed by atoms with van der Waals surface area (Å²) in [7, 11) is 0. The van der Waals surface area contributed by atoms with Crippen LogP contribution in [0.15, 0.2) is 30.3 Å². The smallest absolute Gasteiger partial charge is 0.163 e. The molecule has 0 unspecified atom stereocenters. The Hall–Kier alpha value is -1.31. The average Bonchev–Trinajstić information content (AvgIpc) is 2.65. The van der Waals surface area contributed by atoms with Crippen LogP contribution in [0.3, 0.4) is 0 Å². The lowest BCUT2D eigenvalue weighted by Crippen LogP contribution is -2.04. The van der Waals surface area contributed by atoms with Crippen molar-refractivity contribution < 1.29 is 4.79 Å². The standard InChI is InChI=1S/C24H30Cl2O/c1-4-5-6-7-8-9-10-11-23(27)20-14-12-17(2)18(3)24(20)19-13-15-21(25)22(26)16-19/h12-16H,4-11H2,1-3H3. The van der Waals surface area contributed by atoms with E-state index >= 15 is 0 Å². The predicted molar refractivity (Wildman–Crippen MR) is 118 cm³/mol. The fourth-order valence-corrected chi connectivity index (χ4v) is 3.75. The number of hydrogen-bond donors (Lipinski definition) is 0. The van der Waals surface area contributed by atoms with Gasteiger partial charge >= 0.3 is 0 Å². The molecule has 0 saturated heterocycles. The number of benzene rings is 2. The summed E-state index contributed by atoms with van der Waals surface area (Å²) in [5.41, 5.74) is 5.03. The number of carbonyl (C=O) groups excluding carboxylic acids is 1. The molecule has 0 aliphatic rings. The highest BCUT2D eigenvalue weighted by Crippen LogP contribution is 2.34. The van der Waals surface area contributed by atoms with Gasteiger partial charge in [-0.05, 0) is 54.7 Å². The molecule has 0 N–H and O–H groups in total. The van der Waals surface area contributed by atoms with Gasteiger partial charge in [-0.3, -0.25) is 4.79 Å². The zero-order valence-corrected chi connectivity index (χ0v) is 18.2. The van der Waals surface area contributed by atoms with Crippen LogP contribution in [0.4, 0.5) is 0 Å². The number of ketones is 1. The highest BCUT2D eigenvalue weighted by atomic mass is 35.5. The number of rotatable bonds is 10. The summed E-state index contributed by atoms with van der Waals surface area (Å²) in [6.45, 7) is 6.37. The third-order valence-electron chi connectivity index (χ3n) is 5.25. The van der Waals surface area contributed by atoms with Crippen molar-refractivity contribution in [3.63, 3.8) is 0 Å². The van der Waals surface area contributed by atoms with E-state index in [1.165, 1.54) is 37.7 Å². The Balaban J connectivity index is 2.13. The summed E-state index contributed by atoms with van der Waals surface area (Å²) in [4.78, 5) is 12.9. The van der Waals surface area contributed by atoms with Crippen LogP contribution in [-0.2, 0) is 0 Å². The van der Waals surface area contributed by atoms with E-state index in [1.807, 2.05) is 24.3 Å². The molecule has 27 heavy (non-hydrogen) atoms. The molecular formula is C24H30Cl2O. The molecule has 2 aromatic rings. The average molecular weight is 405 g/mol. The van der Waals surface area contributed by atoms with Gasteiger partial charge in [0.05, 0.1) is 10.0 Å². The Labute approximate surface area is 174 Å². The third kappa shape index (κ3) is 6.09. The van der Waals surface area contributed by atoms with Gasteiger partial charge in [0.25, 0.3) is 0 Å². The number of hydrogen-bond acceptors (Lipinski definition) is 1. The van der Waals surface area contributed by atoms with Crippen molar-refractivity contribution in [1.82, 2.24) is 0 Å². The number of aryl methyl sites for hydroxylation is 1. The maximum absolute atomic E-state index is 12.9. The second-order valence-electron chi connectivity index (χ2n) is 7.35. The van der Waals surface area contributed by atoms with Crippen LogP contribution in [-0.4, -0.2) is 5.78 Å². The van der Waals surface area contributed by atoms with Gasteiger partial charge in [0.15, 0.2) is 5.78 Å². The Morgan fingerprint density at radius 1 is 0.852 bits per heavy atom. The van der Waals surface area contributed by atoms with Crippen molar-refractivity contribution in [2.75, 3.05) is 0 Å². The molecule has 0 aromatic heterocycles. The number of carbonyl (C=O) groups is 1. The van der Waals surface area contributed by atoms with E-state index in [-0.39, 0.29) is 5.78 Å². The van der Waals surface area contributed by atoms with Crippen molar-refractivity contribution in [1.29, 1.82) is 0 Å². The molecule has 0 radical (unpaired) electrons. The predicted octanol–water partition coefficient (Wildman–Crippen LogP) is 8.60. The lowest BCUT2D eigenvalue weighted by molar-refractivity contribution is 0.0979. The van der Waals surface area contributed by atoms with Crippen LogP contribution in [0.25, 0.3) is 11.1 Å². The molecule has 0 aliphatic carbocycles. The van der Waals surface area contributed by atoms with Gasteiger partial charge in [-0.25, -0.2) is 0 Å². The fourth-order valence-electron chi connectivity index (χ4n) is 3.45. The van der Waals surface area contributed by atoms with Crippen molar-refractivity contribution in [3.8, 4) is 11.1 Å². The van der Waals surface area contributed by atoms with Gasteiger partial charge in [0.2, 0.25) is 0 Å². The van der Waals surface area contributed by atoms with Gasteiger partial charge in [0, 0.05) is 12.0 Å². The Kier molecular flexibility index (Phi) is 8.86. The zero-order chi connectivity index (χ0) is 19.8. The van der Waals surface area contributed by atoms with Crippen LogP contribution in [0.5, 0.6) is 0 Å². The molecule has 0 bridgehead atoms. The molecular weight excluding hydrogens is 375 g/mol. The molecule has 0 fully saturated rings. The minimum Gasteiger partial charge on any atom is -0.294 e. The first kappa shape index (κ1) is 22.0. The van der Waals surface area contributed by atoms with Gasteiger partial charge in [-0.2, -0.15) is 0 Å². The second-order valence-corrected chi connectivity index (χ2v) is 8.17. The Bertz CT molecular complexity index is 780. The summed E-state index contributed by atoms with van der Waals surface area (Å²) in [6, 6.07) is 9.60. The molecule has 0 saturated carbocycles. The van der Waals surface area contributed by atoms with E-state index in [9.17, 15) is 4.79 Å². The van der Waals surface area contributed by atoms with Crippen molar-refractivity contribution in [3.05, 3.63) is 57.1 Å². The topological polar surface area (TPSA) is 17.1 Å². The summed E-state index contributed by atoms with van der Waals surface area (Å²) in [6.07, 6.45) is 9.08. The second kappa shape index (κ2) is 10.9. The van der Waals surface area contributed by atoms with E-state index in [0.29, 0.717) is 16.5 Å². The lowest BCUT2D eigenvalue weighted by atomic mass is 9.89. The maximum Gasteiger partial charge on any atom is 0.163 e. The fraction of sp³-hybridized carbons (Fsp3) is 0.458. The lowest BCUT2D eigenvalue weighted by Gasteiger charge is -2.15. The van der Waals surface area contributed by atoms with Crippen LogP contribution >= 0.6 is 23.2 Å². The minimum absolute atomic E-state index is 0.215. The summed E-state index contributed by atoms with van der Waals surface area (Å²) in [5, 5.41) is 1.04. The largest absolute Gasteiger partial charge is 0.294 e. The van der Waals surface area contributed by atoms with Crippen LogP contribution < -0.4 is 0 Å². The van der Waals surface area contributed by atoms with E-state index in [4.69, 9.17) is 23.2 Å². The Morgan fingerprint density at radius 2 is 1.52 bits per heavy atom. The first-order valence-electron chi connectivity index (χ1n) is 10.0. The molecule has 146 valence electrons. The van der Waals surface area contributed by atoms with Gasteiger partial charge in [-0.15, -0.1) is 0 Å². The molecule has 1 nitrogen and oxygen atoms in total. The normalized spacial score (nSPS) is 11.0. The minimum atomic E-state index is 0.215. The summed E-state index contributed by atoms with van der Waals surface area (Å²) < 4.78 is 0. The molecule has 0 amide bonds. The summed E-state index contributed by atoms with van der Waals surface area (Å²) >= 11 is 12.3. The summed E-state index contributed by atoms with van der Waals surface area (Å²) in [5.74, 6) is 0.215. The maximum atomic E-state index is 12.9. The first-order chi connectivity index (χ1) is 13.0. The molecule has 2 aromatic carbocycles. The monoisotopic (exact) mass is 404 g/mol.